The third-order valence-electron chi connectivity index (χ3n) is 6.78. The van der Waals surface area contributed by atoms with Gasteiger partial charge >= 0.3 is 0 Å². The summed E-state index contributed by atoms with van der Waals surface area (Å²) in [5.74, 6) is 1.06. The second-order valence-electron chi connectivity index (χ2n) is 9.25. The third-order valence-corrected chi connectivity index (χ3v) is 6.78. The van der Waals surface area contributed by atoms with Crippen LogP contribution in [0.2, 0.25) is 0 Å². The molecular weight excluding hydrogens is 352 g/mol. The molecule has 4 heteroatoms. The predicted molar refractivity (Wildman–Crippen MR) is 114 cm³/mol. The fraction of sp³-hybridized carbons (Fsp3) is 0.833. The number of methoxy groups -OCH3 is 2. The van der Waals surface area contributed by atoms with Crippen LogP contribution in [0.4, 0.5) is 0 Å². The van der Waals surface area contributed by atoms with Gasteiger partial charge in [-0.25, -0.2) is 0 Å². The van der Waals surface area contributed by atoms with Gasteiger partial charge < -0.3 is 18.9 Å². The highest BCUT2D eigenvalue weighted by Crippen LogP contribution is 2.49. The van der Waals surface area contributed by atoms with Crippen LogP contribution in [0, 0.1) is 17.3 Å². The largest absolute Gasteiger partial charge is 0.359 e. The van der Waals surface area contributed by atoms with Crippen LogP contribution in [-0.4, -0.2) is 40.0 Å². The van der Waals surface area contributed by atoms with Crippen LogP contribution in [0.15, 0.2) is 23.3 Å². The Morgan fingerprint density at radius 2 is 1.61 bits per heavy atom. The van der Waals surface area contributed by atoms with E-state index in [9.17, 15) is 0 Å². The Morgan fingerprint density at radius 1 is 0.964 bits per heavy atom. The molecule has 1 saturated carbocycles. The molecule has 0 aromatic carbocycles. The van der Waals surface area contributed by atoms with E-state index < -0.39 is 0 Å². The van der Waals surface area contributed by atoms with E-state index in [1.807, 2.05) is 0 Å². The van der Waals surface area contributed by atoms with Gasteiger partial charge in [-0.2, -0.15) is 0 Å². The molecule has 3 rings (SSSR count). The van der Waals surface area contributed by atoms with E-state index in [-0.39, 0.29) is 17.6 Å². The number of allylic oxidation sites excluding steroid dienone is 4. The van der Waals surface area contributed by atoms with Gasteiger partial charge in [0.25, 0.3) is 0 Å². The highest BCUT2D eigenvalue weighted by Gasteiger charge is 2.50. The number of rotatable bonds is 6. The molecule has 0 radical (unpaired) electrons. The van der Waals surface area contributed by atoms with Crippen molar-refractivity contribution in [1.29, 1.82) is 0 Å². The van der Waals surface area contributed by atoms with Crippen molar-refractivity contribution in [3.05, 3.63) is 23.3 Å². The van der Waals surface area contributed by atoms with Crippen molar-refractivity contribution in [2.24, 2.45) is 17.3 Å². The summed E-state index contributed by atoms with van der Waals surface area (Å²) in [5, 5.41) is 0. The second-order valence-corrected chi connectivity index (χ2v) is 9.25. The molecule has 2 bridgehead atoms. The monoisotopic (exact) mass is 394 g/mol. The van der Waals surface area contributed by atoms with Crippen LogP contribution in [0.1, 0.15) is 72.6 Å². The summed E-state index contributed by atoms with van der Waals surface area (Å²) in [5.41, 5.74) is 3.05. The highest BCUT2D eigenvalue weighted by atomic mass is 16.7. The molecule has 162 valence electrons. The molecular formula is C24H42O4. The Bertz CT molecular complexity index is 527. The highest BCUT2D eigenvalue weighted by molar-refractivity contribution is 5.07. The van der Waals surface area contributed by atoms with Crippen LogP contribution in [-0.2, 0) is 18.9 Å². The molecule has 0 aliphatic heterocycles. The van der Waals surface area contributed by atoms with Crippen LogP contribution in [0.5, 0.6) is 0 Å². The molecule has 28 heavy (non-hydrogen) atoms. The number of hydrogen-bond donors (Lipinski definition) is 0. The lowest BCUT2D eigenvalue weighted by molar-refractivity contribution is -0.231. The van der Waals surface area contributed by atoms with E-state index in [1.54, 1.807) is 14.2 Å². The van der Waals surface area contributed by atoms with Crippen LogP contribution in [0.25, 0.3) is 0 Å². The smallest absolute Gasteiger partial charge is 0.146 e. The Labute approximate surface area is 172 Å². The van der Waals surface area contributed by atoms with Gasteiger partial charge in [-0.3, -0.25) is 0 Å². The van der Waals surface area contributed by atoms with Gasteiger partial charge in [-0.1, -0.05) is 37.1 Å². The summed E-state index contributed by atoms with van der Waals surface area (Å²) in [6.07, 6.45) is 12.8. The van der Waals surface area contributed by atoms with Gasteiger partial charge in [0, 0.05) is 14.2 Å². The average Bonchev–Trinajstić information content (AvgIpc) is 2.64. The van der Waals surface area contributed by atoms with Crippen molar-refractivity contribution in [2.75, 3.05) is 27.8 Å². The minimum atomic E-state index is 0.0183. The molecule has 0 unspecified atom stereocenters. The quantitative estimate of drug-likeness (QED) is 0.417. The number of hydrogen-bond acceptors (Lipinski definition) is 4. The molecule has 0 heterocycles. The van der Waals surface area contributed by atoms with Crippen molar-refractivity contribution in [2.45, 2.75) is 84.8 Å². The zero-order valence-corrected chi connectivity index (χ0v) is 19.0. The van der Waals surface area contributed by atoms with Gasteiger partial charge in [0.1, 0.15) is 13.6 Å². The van der Waals surface area contributed by atoms with Crippen LogP contribution in [0.3, 0.4) is 0 Å². The summed E-state index contributed by atoms with van der Waals surface area (Å²) in [4.78, 5) is 0. The molecule has 0 N–H and O–H groups in total. The van der Waals surface area contributed by atoms with E-state index in [2.05, 4.69) is 39.8 Å². The number of fused-ring (bicyclic) bond motifs is 9. The number of ether oxygens (including phenoxy) is 4. The third kappa shape index (κ3) is 6.41. The molecule has 5 atom stereocenters. The molecule has 0 aromatic heterocycles. The van der Waals surface area contributed by atoms with Crippen molar-refractivity contribution >= 4 is 0 Å². The van der Waals surface area contributed by atoms with Crippen molar-refractivity contribution in [1.82, 2.24) is 0 Å². The molecule has 4 nitrogen and oxygen atoms in total. The van der Waals surface area contributed by atoms with Crippen LogP contribution >= 0.6 is 0 Å². The second kappa shape index (κ2) is 11.5. The first-order valence-electron chi connectivity index (χ1n) is 10.9. The Kier molecular flexibility index (Phi) is 9.68. The predicted octanol–water partition coefficient (Wildman–Crippen LogP) is 5.87. The maximum Gasteiger partial charge on any atom is 0.146 e. The standard InChI is InChI=1S/C24H42O4/c1-18-9-7-10-19(2)12-13-21-20(3)15-24(4,14-8-11-18)23(28-17-26-6)22(21)27-16-25-5/h10-11,20-23H,7-9,12-17H2,1-6H3/b18-11-,19-10-/t20-,21+,22+,23+,24+/m0/s1. The summed E-state index contributed by atoms with van der Waals surface area (Å²) < 4.78 is 23.2. The minimum absolute atomic E-state index is 0.0183. The van der Waals surface area contributed by atoms with E-state index in [4.69, 9.17) is 18.9 Å². The fourth-order valence-electron chi connectivity index (χ4n) is 5.23. The van der Waals surface area contributed by atoms with Gasteiger partial charge in [0.15, 0.2) is 0 Å². The SMILES string of the molecule is COCO[C@@H]1[C@@H]2CC/C(C)=C\CC/C(C)=C\CC[C@](C)(C[C@@H]2C)[C@@H]1OCOC. The molecule has 3 aliphatic carbocycles. The van der Waals surface area contributed by atoms with E-state index in [0.717, 1.165) is 44.9 Å². The summed E-state index contributed by atoms with van der Waals surface area (Å²) >= 11 is 0. The van der Waals surface area contributed by atoms with E-state index in [0.29, 0.717) is 25.4 Å². The fourth-order valence-corrected chi connectivity index (χ4v) is 5.23. The maximum absolute atomic E-state index is 6.30. The van der Waals surface area contributed by atoms with E-state index in [1.165, 1.54) is 11.1 Å². The summed E-state index contributed by atoms with van der Waals surface area (Å²) in [7, 11) is 3.38. The van der Waals surface area contributed by atoms with Gasteiger partial charge in [0.2, 0.25) is 0 Å². The normalized spacial score (nSPS) is 38.9. The lowest BCUT2D eigenvalue weighted by atomic mass is 9.60. The van der Waals surface area contributed by atoms with E-state index >= 15 is 0 Å². The molecule has 0 spiro atoms. The first-order chi connectivity index (χ1) is 13.4. The zero-order valence-electron chi connectivity index (χ0n) is 19.0. The summed E-state index contributed by atoms with van der Waals surface area (Å²) in [6.45, 7) is 9.92. The van der Waals surface area contributed by atoms with Crippen molar-refractivity contribution < 1.29 is 18.9 Å². The molecule has 3 aliphatic rings. The summed E-state index contributed by atoms with van der Waals surface area (Å²) in [6, 6.07) is 0. The molecule has 0 aromatic rings. The molecule has 0 saturated heterocycles. The van der Waals surface area contributed by atoms with Crippen LogP contribution < -0.4 is 0 Å². The Balaban J connectivity index is 2.35. The lowest BCUT2D eigenvalue weighted by Gasteiger charge is -2.51. The minimum Gasteiger partial charge on any atom is -0.359 e. The Hall–Kier alpha value is -0.680. The van der Waals surface area contributed by atoms with Gasteiger partial charge in [-0.15, -0.1) is 0 Å². The first-order valence-corrected chi connectivity index (χ1v) is 10.9. The topological polar surface area (TPSA) is 36.9 Å². The molecule has 0 amide bonds. The van der Waals surface area contributed by atoms with Gasteiger partial charge in [-0.05, 0) is 76.0 Å². The zero-order chi connectivity index (χ0) is 20.6. The lowest BCUT2D eigenvalue weighted by Crippen LogP contribution is -2.55. The Morgan fingerprint density at radius 3 is 2.32 bits per heavy atom. The van der Waals surface area contributed by atoms with Crippen molar-refractivity contribution in [3.63, 3.8) is 0 Å². The van der Waals surface area contributed by atoms with Crippen molar-refractivity contribution in [3.8, 4) is 0 Å². The average molecular weight is 395 g/mol. The van der Waals surface area contributed by atoms with Gasteiger partial charge in [0.05, 0.1) is 12.2 Å². The molecule has 1 fully saturated rings. The maximum atomic E-state index is 6.30. The first kappa shape index (κ1) is 23.6.